The first-order chi connectivity index (χ1) is 9.79. The van der Waals surface area contributed by atoms with Gasteiger partial charge in [-0.25, -0.2) is 5.14 Å². The fourth-order valence-corrected chi connectivity index (χ4v) is 2.81. The second-order valence-corrected chi connectivity index (χ2v) is 6.23. The largest absolute Gasteiger partial charge is 0.366 e. The standard InChI is InChI=1S/C12H16N4O4S/c13-11(17)9-2-1-3-10(8-9)12(18)15-4-6-16(7-5-15)21(14,19)20/h1-3,8H,4-7H2,(H2,13,17)(H2,14,19,20). The molecule has 4 N–H and O–H groups in total. The molecule has 1 aromatic carbocycles. The van der Waals surface area contributed by atoms with Gasteiger partial charge >= 0.3 is 0 Å². The van der Waals surface area contributed by atoms with Crippen LogP contribution < -0.4 is 10.9 Å². The lowest BCUT2D eigenvalue weighted by Crippen LogP contribution is -2.52. The van der Waals surface area contributed by atoms with Gasteiger partial charge in [-0.1, -0.05) is 6.07 Å². The van der Waals surface area contributed by atoms with Crippen LogP contribution in [0.5, 0.6) is 0 Å². The van der Waals surface area contributed by atoms with E-state index in [0.717, 1.165) is 4.31 Å². The number of rotatable bonds is 3. The Morgan fingerprint density at radius 3 is 2.14 bits per heavy atom. The van der Waals surface area contributed by atoms with E-state index in [-0.39, 0.29) is 37.6 Å². The van der Waals surface area contributed by atoms with Gasteiger partial charge in [-0.15, -0.1) is 0 Å². The summed E-state index contributed by atoms with van der Waals surface area (Å²) >= 11 is 0. The van der Waals surface area contributed by atoms with E-state index < -0.39 is 16.1 Å². The number of nitrogens with two attached hydrogens (primary N) is 2. The van der Waals surface area contributed by atoms with E-state index in [4.69, 9.17) is 10.9 Å². The predicted molar refractivity (Wildman–Crippen MR) is 75.5 cm³/mol. The van der Waals surface area contributed by atoms with Crippen LogP contribution in [-0.2, 0) is 10.2 Å². The Hall–Kier alpha value is -1.97. The van der Waals surface area contributed by atoms with Crippen molar-refractivity contribution < 1.29 is 18.0 Å². The zero-order valence-corrected chi connectivity index (χ0v) is 12.0. The fraction of sp³-hybridized carbons (Fsp3) is 0.333. The molecule has 0 unspecified atom stereocenters. The van der Waals surface area contributed by atoms with E-state index in [1.54, 1.807) is 12.1 Å². The first kappa shape index (κ1) is 15.4. The number of primary amides is 1. The van der Waals surface area contributed by atoms with Gasteiger partial charge in [0.25, 0.3) is 16.1 Å². The maximum absolute atomic E-state index is 12.3. The van der Waals surface area contributed by atoms with Gasteiger partial charge in [0.05, 0.1) is 0 Å². The maximum Gasteiger partial charge on any atom is 0.277 e. The summed E-state index contributed by atoms with van der Waals surface area (Å²) in [5.41, 5.74) is 5.77. The lowest BCUT2D eigenvalue weighted by molar-refractivity contribution is 0.0698. The Morgan fingerprint density at radius 2 is 1.62 bits per heavy atom. The predicted octanol–water partition coefficient (Wildman–Crippen LogP) is -1.25. The summed E-state index contributed by atoms with van der Waals surface area (Å²) in [5, 5.41) is 5.04. The average molecular weight is 312 g/mol. The number of carbonyl (C=O) groups is 2. The number of amides is 2. The van der Waals surface area contributed by atoms with Crippen LogP contribution in [0.3, 0.4) is 0 Å². The minimum absolute atomic E-state index is 0.153. The van der Waals surface area contributed by atoms with Gasteiger partial charge in [0, 0.05) is 37.3 Å². The maximum atomic E-state index is 12.3. The molecule has 0 spiro atoms. The van der Waals surface area contributed by atoms with Crippen LogP contribution in [0.25, 0.3) is 0 Å². The highest BCUT2D eigenvalue weighted by molar-refractivity contribution is 7.86. The molecule has 0 saturated carbocycles. The molecule has 1 fully saturated rings. The summed E-state index contributed by atoms with van der Waals surface area (Å²) < 4.78 is 23.5. The van der Waals surface area contributed by atoms with Gasteiger partial charge in [0.2, 0.25) is 5.91 Å². The molecule has 0 aromatic heterocycles. The number of hydrogen-bond acceptors (Lipinski definition) is 4. The molecule has 8 nitrogen and oxygen atoms in total. The van der Waals surface area contributed by atoms with E-state index in [9.17, 15) is 18.0 Å². The van der Waals surface area contributed by atoms with Crippen molar-refractivity contribution >= 4 is 22.0 Å². The molecular weight excluding hydrogens is 296 g/mol. The van der Waals surface area contributed by atoms with Crippen molar-refractivity contribution in [1.82, 2.24) is 9.21 Å². The molecule has 0 radical (unpaired) electrons. The molecule has 2 rings (SSSR count). The first-order valence-electron chi connectivity index (χ1n) is 6.26. The lowest BCUT2D eigenvalue weighted by Gasteiger charge is -2.33. The van der Waals surface area contributed by atoms with Gasteiger partial charge in [-0.2, -0.15) is 12.7 Å². The Morgan fingerprint density at radius 1 is 1.05 bits per heavy atom. The van der Waals surface area contributed by atoms with Gasteiger partial charge in [0.1, 0.15) is 0 Å². The highest BCUT2D eigenvalue weighted by Crippen LogP contribution is 2.11. The van der Waals surface area contributed by atoms with Crippen molar-refractivity contribution in [2.24, 2.45) is 10.9 Å². The van der Waals surface area contributed by atoms with E-state index in [1.165, 1.54) is 17.0 Å². The number of carbonyl (C=O) groups excluding carboxylic acids is 2. The fourth-order valence-electron chi connectivity index (χ4n) is 2.13. The summed E-state index contributed by atoms with van der Waals surface area (Å²) in [5.74, 6) is -0.879. The Balaban J connectivity index is 2.09. The number of hydrogen-bond donors (Lipinski definition) is 2. The molecule has 9 heteroatoms. The third-order valence-electron chi connectivity index (χ3n) is 3.28. The van der Waals surface area contributed by atoms with Gasteiger partial charge in [-0.05, 0) is 18.2 Å². The SMILES string of the molecule is NC(=O)c1cccc(C(=O)N2CCN(S(N)(=O)=O)CC2)c1. The monoisotopic (exact) mass is 312 g/mol. The summed E-state index contributed by atoms with van der Waals surface area (Å²) in [4.78, 5) is 24.9. The molecule has 1 aromatic rings. The van der Waals surface area contributed by atoms with Crippen LogP contribution in [0.15, 0.2) is 24.3 Å². The minimum atomic E-state index is -3.72. The number of piperazine rings is 1. The minimum Gasteiger partial charge on any atom is -0.366 e. The summed E-state index contributed by atoms with van der Waals surface area (Å²) in [6, 6.07) is 6.11. The van der Waals surface area contributed by atoms with Crippen molar-refractivity contribution in [2.45, 2.75) is 0 Å². The molecule has 1 heterocycles. The second kappa shape index (κ2) is 5.80. The summed E-state index contributed by atoms with van der Waals surface area (Å²) in [7, 11) is -3.72. The highest BCUT2D eigenvalue weighted by Gasteiger charge is 2.27. The molecular formula is C12H16N4O4S. The Labute approximate surface area is 122 Å². The molecule has 2 amide bonds. The summed E-state index contributed by atoms with van der Waals surface area (Å²) in [6.45, 7) is 0.798. The summed E-state index contributed by atoms with van der Waals surface area (Å²) in [6.07, 6.45) is 0. The molecule has 1 aliphatic rings. The van der Waals surface area contributed by atoms with Crippen LogP contribution in [0.2, 0.25) is 0 Å². The van der Waals surface area contributed by atoms with Crippen molar-refractivity contribution in [3.63, 3.8) is 0 Å². The quantitative estimate of drug-likeness (QED) is 0.722. The van der Waals surface area contributed by atoms with Gasteiger partial charge in [-0.3, -0.25) is 9.59 Å². The lowest BCUT2D eigenvalue weighted by atomic mass is 10.1. The molecule has 21 heavy (non-hydrogen) atoms. The van der Waals surface area contributed by atoms with Gasteiger partial charge < -0.3 is 10.6 Å². The van der Waals surface area contributed by atoms with E-state index in [1.807, 2.05) is 0 Å². The third kappa shape index (κ3) is 3.57. The molecule has 1 saturated heterocycles. The van der Waals surface area contributed by atoms with Gasteiger partial charge in [0.15, 0.2) is 0 Å². The van der Waals surface area contributed by atoms with Crippen LogP contribution in [-0.4, -0.2) is 55.6 Å². The second-order valence-electron chi connectivity index (χ2n) is 4.68. The van der Waals surface area contributed by atoms with Crippen LogP contribution >= 0.6 is 0 Å². The topological polar surface area (TPSA) is 127 Å². The highest BCUT2D eigenvalue weighted by atomic mass is 32.2. The van der Waals surface area contributed by atoms with E-state index >= 15 is 0 Å². The van der Waals surface area contributed by atoms with Crippen LogP contribution in [0.1, 0.15) is 20.7 Å². The van der Waals surface area contributed by atoms with Crippen molar-refractivity contribution in [3.05, 3.63) is 35.4 Å². The molecule has 1 aliphatic heterocycles. The molecule has 114 valence electrons. The number of nitrogens with zero attached hydrogens (tertiary/aromatic N) is 2. The smallest absolute Gasteiger partial charge is 0.277 e. The molecule has 0 atom stereocenters. The first-order valence-corrected chi connectivity index (χ1v) is 7.76. The molecule has 0 aliphatic carbocycles. The normalized spacial score (nSPS) is 16.7. The Kier molecular flexibility index (Phi) is 4.26. The van der Waals surface area contributed by atoms with Crippen molar-refractivity contribution in [1.29, 1.82) is 0 Å². The number of benzene rings is 1. The van der Waals surface area contributed by atoms with Crippen molar-refractivity contribution in [2.75, 3.05) is 26.2 Å². The van der Waals surface area contributed by atoms with Crippen LogP contribution in [0.4, 0.5) is 0 Å². The Bertz CT molecular complexity index is 666. The average Bonchev–Trinajstić information content (AvgIpc) is 2.46. The third-order valence-corrected chi connectivity index (χ3v) is 4.36. The zero-order chi connectivity index (χ0) is 15.6. The molecule has 0 bridgehead atoms. The van der Waals surface area contributed by atoms with Crippen molar-refractivity contribution in [3.8, 4) is 0 Å². The van der Waals surface area contributed by atoms with E-state index in [0.29, 0.717) is 5.56 Å². The van der Waals surface area contributed by atoms with Crippen LogP contribution in [0, 0.1) is 0 Å². The zero-order valence-electron chi connectivity index (χ0n) is 11.2. The van der Waals surface area contributed by atoms with E-state index in [2.05, 4.69) is 0 Å².